The fourth-order valence-corrected chi connectivity index (χ4v) is 3.20. The standard InChI is InChI=1S/C16H22ClFN2O/c1-10(2)9-20-15(21)5-3-4-14(19)16(20)12-7-6-11(18)8-13(12)17/h6-8,10,14,16H,3-5,9,19H2,1-2H3. The summed E-state index contributed by atoms with van der Waals surface area (Å²) in [5.74, 6) is 0.0516. The summed E-state index contributed by atoms with van der Waals surface area (Å²) in [7, 11) is 0. The van der Waals surface area contributed by atoms with E-state index in [4.69, 9.17) is 17.3 Å². The summed E-state index contributed by atoms with van der Waals surface area (Å²) in [4.78, 5) is 14.2. The van der Waals surface area contributed by atoms with Gasteiger partial charge in [-0.15, -0.1) is 0 Å². The van der Waals surface area contributed by atoms with Crippen molar-refractivity contribution in [3.63, 3.8) is 0 Å². The first-order chi connectivity index (χ1) is 9.90. The van der Waals surface area contributed by atoms with Gasteiger partial charge in [-0.1, -0.05) is 31.5 Å². The van der Waals surface area contributed by atoms with Gasteiger partial charge < -0.3 is 10.6 Å². The minimum absolute atomic E-state index is 0.0991. The zero-order chi connectivity index (χ0) is 15.6. The molecule has 0 radical (unpaired) electrons. The molecule has 2 rings (SSSR count). The fraction of sp³-hybridized carbons (Fsp3) is 0.562. The normalized spacial score (nSPS) is 23.5. The maximum absolute atomic E-state index is 13.3. The number of benzene rings is 1. The molecule has 0 bridgehead atoms. The molecule has 1 aromatic carbocycles. The lowest BCUT2D eigenvalue weighted by Crippen LogP contribution is -2.44. The number of hydrogen-bond donors (Lipinski definition) is 1. The molecule has 2 N–H and O–H groups in total. The molecule has 1 aromatic rings. The predicted molar refractivity (Wildman–Crippen MR) is 82.5 cm³/mol. The highest BCUT2D eigenvalue weighted by atomic mass is 35.5. The van der Waals surface area contributed by atoms with Crippen LogP contribution in [0, 0.1) is 11.7 Å². The topological polar surface area (TPSA) is 46.3 Å². The van der Waals surface area contributed by atoms with E-state index in [0.717, 1.165) is 18.4 Å². The van der Waals surface area contributed by atoms with Crippen LogP contribution in [0.3, 0.4) is 0 Å². The molecule has 1 fully saturated rings. The molecule has 0 aromatic heterocycles. The van der Waals surface area contributed by atoms with Gasteiger partial charge >= 0.3 is 0 Å². The largest absolute Gasteiger partial charge is 0.334 e. The van der Waals surface area contributed by atoms with Crippen molar-refractivity contribution in [2.24, 2.45) is 11.7 Å². The number of nitrogens with two attached hydrogens (primary N) is 1. The Morgan fingerprint density at radius 2 is 2.19 bits per heavy atom. The van der Waals surface area contributed by atoms with Gasteiger partial charge in [0.2, 0.25) is 5.91 Å². The number of halogens is 2. The van der Waals surface area contributed by atoms with Crippen LogP contribution in [0.5, 0.6) is 0 Å². The molecule has 1 saturated heterocycles. The Hall–Kier alpha value is -1.13. The number of likely N-dealkylation sites (tertiary alicyclic amines) is 1. The average Bonchev–Trinajstić information content (AvgIpc) is 2.51. The third kappa shape index (κ3) is 3.74. The molecule has 5 heteroatoms. The van der Waals surface area contributed by atoms with Crippen LogP contribution < -0.4 is 5.73 Å². The molecule has 0 aliphatic carbocycles. The van der Waals surface area contributed by atoms with E-state index in [2.05, 4.69) is 13.8 Å². The molecule has 1 aliphatic rings. The quantitative estimate of drug-likeness (QED) is 0.928. The molecule has 0 spiro atoms. The van der Waals surface area contributed by atoms with E-state index in [1.165, 1.54) is 12.1 Å². The summed E-state index contributed by atoms with van der Waals surface area (Å²) in [6.45, 7) is 4.75. The van der Waals surface area contributed by atoms with Crippen molar-refractivity contribution in [3.8, 4) is 0 Å². The minimum atomic E-state index is -0.382. The third-order valence-electron chi connectivity index (χ3n) is 3.83. The smallest absolute Gasteiger partial charge is 0.223 e. The number of nitrogens with zero attached hydrogens (tertiary/aromatic N) is 1. The summed E-state index contributed by atoms with van der Waals surface area (Å²) in [6.07, 6.45) is 2.05. The van der Waals surface area contributed by atoms with Gasteiger partial charge in [-0.3, -0.25) is 4.79 Å². The average molecular weight is 313 g/mol. The molecule has 1 amide bonds. The van der Waals surface area contributed by atoms with Crippen molar-refractivity contribution >= 4 is 17.5 Å². The molecule has 21 heavy (non-hydrogen) atoms. The van der Waals surface area contributed by atoms with Crippen LogP contribution in [-0.2, 0) is 4.79 Å². The van der Waals surface area contributed by atoms with E-state index in [1.807, 2.05) is 4.90 Å². The Kier molecular flexibility index (Phi) is 5.22. The van der Waals surface area contributed by atoms with Crippen LogP contribution >= 0.6 is 11.6 Å². The Labute approximate surface area is 130 Å². The molecule has 1 aliphatic heterocycles. The van der Waals surface area contributed by atoms with Crippen LogP contribution in [-0.4, -0.2) is 23.4 Å². The Balaban J connectivity index is 2.43. The number of carbonyl (C=O) groups is 1. The monoisotopic (exact) mass is 312 g/mol. The van der Waals surface area contributed by atoms with E-state index in [0.29, 0.717) is 23.9 Å². The molecular weight excluding hydrogens is 291 g/mol. The highest BCUT2D eigenvalue weighted by molar-refractivity contribution is 6.31. The van der Waals surface area contributed by atoms with E-state index in [-0.39, 0.29) is 23.8 Å². The van der Waals surface area contributed by atoms with Crippen LogP contribution in [0.15, 0.2) is 18.2 Å². The molecule has 116 valence electrons. The highest BCUT2D eigenvalue weighted by Crippen LogP contribution is 2.34. The Bertz CT molecular complexity index is 521. The zero-order valence-electron chi connectivity index (χ0n) is 12.5. The first kappa shape index (κ1) is 16.2. The number of carbonyl (C=O) groups excluding carboxylic acids is 1. The second-order valence-electron chi connectivity index (χ2n) is 6.11. The van der Waals surface area contributed by atoms with Gasteiger partial charge in [0.1, 0.15) is 5.82 Å². The number of amides is 1. The Morgan fingerprint density at radius 1 is 1.48 bits per heavy atom. The second kappa shape index (κ2) is 6.75. The number of hydrogen-bond acceptors (Lipinski definition) is 2. The summed E-state index contributed by atoms with van der Waals surface area (Å²) >= 11 is 6.20. The van der Waals surface area contributed by atoms with Crippen molar-refractivity contribution in [1.29, 1.82) is 0 Å². The predicted octanol–water partition coefficient (Wildman–Crippen LogP) is 3.52. The zero-order valence-corrected chi connectivity index (χ0v) is 13.2. The van der Waals surface area contributed by atoms with Crippen LogP contribution in [0.4, 0.5) is 4.39 Å². The summed E-state index contributed by atoms with van der Waals surface area (Å²) < 4.78 is 13.3. The van der Waals surface area contributed by atoms with Gasteiger partial charge in [-0.05, 0) is 36.5 Å². The van der Waals surface area contributed by atoms with Gasteiger partial charge in [-0.2, -0.15) is 0 Å². The maximum atomic E-state index is 13.3. The maximum Gasteiger partial charge on any atom is 0.223 e. The van der Waals surface area contributed by atoms with Crippen LogP contribution in [0.2, 0.25) is 5.02 Å². The van der Waals surface area contributed by atoms with Crippen molar-refractivity contribution in [1.82, 2.24) is 4.90 Å². The van der Waals surface area contributed by atoms with Crippen molar-refractivity contribution < 1.29 is 9.18 Å². The van der Waals surface area contributed by atoms with Gasteiger partial charge in [0, 0.05) is 24.0 Å². The molecule has 3 nitrogen and oxygen atoms in total. The van der Waals surface area contributed by atoms with Crippen molar-refractivity contribution in [2.45, 2.75) is 45.2 Å². The van der Waals surface area contributed by atoms with Crippen molar-refractivity contribution in [3.05, 3.63) is 34.6 Å². The van der Waals surface area contributed by atoms with E-state index < -0.39 is 0 Å². The second-order valence-corrected chi connectivity index (χ2v) is 6.51. The lowest BCUT2D eigenvalue weighted by Gasteiger charge is -2.35. The third-order valence-corrected chi connectivity index (χ3v) is 4.16. The van der Waals surface area contributed by atoms with Gasteiger partial charge in [-0.25, -0.2) is 4.39 Å². The molecule has 2 atom stereocenters. The molecule has 2 unspecified atom stereocenters. The lowest BCUT2D eigenvalue weighted by molar-refractivity contribution is -0.133. The Morgan fingerprint density at radius 3 is 2.81 bits per heavy atom. The van der Waals surface area contributed by atoms with Crippen LogP contribution in [0.1, 0.15) is 44.7 Å². The summed E-state index contributed by atoms with van der Waals surface area (Å²) in [5.41, 5.74) is 7.04. The van der Waals surface area contributed by atoms with E-state index in [9.17, 15) is 9.18 Å². The first-order valence-corrected chi connectivity index (χ1v) is 7.78. The lowest BCUT2D eigenvalue weighted by atomic mass is 9.95. The minimum Gasteiger partial charge on any atom is -0.334 e. The summed E-state index contributed by atoms with van der Waals surface area (Å²) in [5, 5.41) is 0.332. The number of rotatable bonds is 3. The van der Waals surface area contributed by atoms with Gasteiger partial charge in [0.05, 0.1) is 6.04 Å². The van der Waals surface area contributed by atoms with Gasteiger partial charge in [0.15, 0.2) is 0 Å². The van der Waals surface area contributed by atoms with Crippen molar-refractivity contribution in [2.75, 3.05) is 6.54 Å². The van der Waals surface area contributed by atoms with E-state index >= 15 is 0 Å². The van der Waals surface area contributed by atoms with Crippen LogP contribution in [0.25, 0.3) is 0 Å². The summed E-state index contributed by atoms with van der Waals surface area (Å²) in [6, 6.07) is 3.84. The fourth-order valence-electron chi connectivity index (χ4n) is 2.93. The molecule has 1 heterocycles. The molecule has 0 saturated carbocycles. The first-order valence-electron chi connectivity index (χ1n) is 7.40. The molecular formula is C16H22ClFN2O. The SMILES string of the molecule is CC(C)CN1C(=O)CCCC(N)C1c1ccc(F)cc1Cl. The van der Waals surface area contributed by atoms with Gasteiger partial charge in [0.25, 0.3) is 0 Å². The van der Waals surface area contributed by atoms with E-state index in [1.54, 1.807) is 6.07 Å². The highest BCUT2D eigenvalue weighted by Gasteiger charge is 2.34.